The molecule has 120 valence electrons. The van der Waals surface area contributed by atoms with Crippen molar-refractivity contribution >= 4 is 11.6 Å². The average Bonchev–Trinajstić information content (AvgIpc) is 2.55. The van der Waals surface area contributed by atoms with Crippen LogP contribution >= 0.6 is 0 Å². The molecule has 0 aromatic heterocycles. The van der Waals surface area contributed by atoms with Crippen LogP contribution in [0.3, 0.4) is 0 Å². The van der Waals surface area contributed by atoms with Crippen LogP contribution in [-0.2, 0) is 17.6 Å². The standard InChI is InChI=1S/C18H20N2O3/c1-3-14-4-8-16(9-5-14)13(2)19-18(21)12-15-6-10-17(11-7-15)20(22)23/h4-11,13H,3,12H2,1-2H3,(H,19,21). The Labute approximate surface area is 135 Å². The van der Waals surface area contributed by atoms with E-state index >= 15 is 0 Å². The van der Waals surface area contributed by atoms with Crippen molar-refractivity contribution in [3.63, 3.8) is 0 Å². The van der Waals surface area contributed by atoms with Crippen molar-refractivity contribution in [1.82, 2.24) is 5.32 Å². The highest BCUT2D eigenvalue weighted by Gasteiger charge is 2.11. The number of carbonyl (C=O) groups is 1. The lowest BCUT2D eigenvalue weighted by molar-refractivity contribution is -0.384. The lowest BCUT2D eigenvalue weighted by Gasteiger charge is -2.15. The minimum Gasteiger partial charge on any atom is -0.349 e. The van der Waals surface area contributed by atoms with E-state index < -0.39 is 4.92 Å². The first-order valence-electron chi connectivity index (χ1n) is 7.61. The van der Waals surface area contributed by atoms with Gasteiger partial charge in [0.25, 0.3) is 5.69 Å². The van der Waals surface area contributed by atoms with Gasteiger partial charge >= 0.3 is 0 Å². The summed E-state index contributed by atoms with van der Waals surface area (Å²) in [6.45, 7) is 4.04. The minimum absolute atomic E-state index is 0.0264. The molecule has 2 aromatic rings. The lowest BCUT2D eigenvalue weighted by atomic mass is 10.0. The van der Waals surface area contributed by atoms with Crippen LogP contribution in [-0.4, -0.2) is 10.8 Å². The molecule has 2 aromatic carbocycles. The van der Waals surface area contributed by atoms with E-state index in [1.54, 1.807) is 12.1 Å². The predicted octanol–water partition coefficient (Wildman–Crippen LogP) is 3.58. The maximum absolute atomic E-state index is 12.1. The van der Waals surface area contributed by atoms with Gasteiger partial charge in [-0.15, -0.1) is 0 Å². The Morgan fingerprint density at radius 3 is 2.17 bits per heavy atom. The number of rotatable bonds is 6. The van der Waals surface area contributed by atoms with E-state index in [4.69, 9.17) is 0 Å². The molecule has 5 nitrogen and oxygen atoms in total. The molecule has 1 unspecified atom stereocenters. The highest BCUT2D eigenvalue weighted by atomic mass is 16.6. The van der Waals surface area contributed by atoms with E-state index in [-0.39, 0.29) is 24.1 Å². The molecule has 0 aliphatic rings. The van der Waals surface area contributed by atoms with E-state index in [0.29, 0.717) is 0 Å². The van der Waals surface area contributed by atoms with Crippen LogP contribution in [0.4, 0.5) is 5.69 Å². The van der Waals surface area contributed by atoms with Gasteiger partial charge in [-0.3, -0.25) is 14.9 Å². The summed E-state index contributed by atoms with van der Waals surface area (Å²) in [7, 11) is 0. The first-order chi connectivity index (χ1) is 11.0. The Morgan fingerprint density at radius 1 is 1.09 bits per heavy atom. The Balaban J connectivity index is 1.93. The molecule has 0 fully saturated rings. The number of aryl methyl sites for hydroxylation is 1. The van der Waals surface area contributed by atoms with E-state index in [2.05, 4.69) is 24.4 Å². The quantitative estimate of drug-likeness (QED) is 0.654. The number of nitrogens with zero attached hydrogens (tertiary/aromatic N) is 1. The number of nitro groups is 1. The van der Waals surface area contributed by atoms with Gasteiger partial charge in [0.1, 0.15) is 0 Å². The van der Waals surface area contributed by atoms with Gasteiger partial charge in [-0.1, -0.05) is 43.3 Å². The van der Waals surface area contributed by atoms with Crippen LogP contribution in [0.15, 0.2) is 48.5 Å². The number of amides is 1. The van der Waals surface area contributed by atoms with Crippen molar-refractivity contribution in [2.75, 3.05) is 0 Å². The van der Waals surface area contributed by atoms with Crippen molar-refractivity contribution in [2.24, 2.45) is 0 Å². The fourth-order valence-electron chi connectivity index (χ4n) is 2.34. The maximum Gasteiger partial charge on any atom is 0.269 e. The Kier molecular flexibility index (Phi) is 5.46. The fraction of sp³-hybridized carbons (Fsp3) is 0.278. The zero-order valence-electron chi connectivity index (χ0n) is 13.3. The van der Waals surface area contributed by atoms with Crippen LogP contribution in [0, 0.1) is 10.1 Å². The third-order valence-electron chi connectivity index (χ3n) is 3.78. The molecular weight excluding hydrogens is 292 g/mol. The highest BCUT2D eigenvalue weighted by Crippen LogP contribution is 2.15. The number of hydrogen-bond acceptors (Lipinski definition) is 3. The summed E-state index contributed by atoms with van der Waals surface area (Å²) in [6, 6.07) is 14.1. The van der Waals surface area contributed by atoms with E-state index in [1.807, 2.05) is 19.1 Å². The molecule has 0 radical (unpaired) electrons. The third kappa shape index (κ3) is 4.64. The van der Waals surface area contributed by atoms with Crippen molar-refractivity contribution in [2.45, 2.75) is 32.7 Å². The Bertz CT molecular complexity index is 678. The number of nitrogens with one attached hydrogen (secondary N) is 1. The molecule has 1 amide bonds. The van der Waals surface area contributed by atoms with E-state index in [1.165, 1.54) is 17.7 Å². The van der Waals surface area contributed by atoms with Crippen LogP contribution < -0.4 is 5.32 Å². The fourth-order valence-corrected chi connectivity index (χ4v) is 2.34. The second kappa shape index (κ2) is 7.54. The molecular formula is C18H20N2O3. The molecule has 0 saturated heterocycles. The van der Waals surface area contributed by atoms with Crippen LogP contribution in [0.1, 0.15) is 36.6 Å². The van der Waals surface area contributed by atoms with Gasteiger partial charge in [0.05, 0.1) is 17.4 Å². The molecule has 0 spiro atoms. The summed E-state index contributed by atoms with van der Waals surface area (Å²) < 4.78 is 0. The summed E-state index contributed by atoms with van der Waals surface area (Å²) in [5.74, 6) is -0.106. The molecule has 5 heteroatoms. The second-order valence-electron chi connectivity index (χ2n) is 5.48. The normalized spacial score (nSPS) is 11.7. The van der Waals surface area contributed by atoms with Gasteiger partial charge in [0, 0.05) is 12.1 Å². The summed E-state index contributed by atoms with van der Waals surface area (Å²) in [4.78, 5) is 22.2. The Morgan fingerprint density at radius 2 is 1.65 bits per heavy atom. The summed E-state index contributed by atoms with van der Waals surface area (Å²) in [6.07, 6.45) is 1.19. The van der Waals surface area contributed by atoms with Gasteiger partial charge in [0.15, 0.2) is 0 Å². The molecule has 0 saturated carbocycles. The number of non-ortho nitro benzene ring substituents is 1. The minimum atomic E-state index is -0.452. The largest absolute Gasteiger partial charge is 0.349 e. The van der Waals surface area contributed by atoms with Crippen LogP contribution in [0.2, 0.25) is 0 Å². The molecule has 1 atom stereocenters. The van der Waals surface area contributed by atoms with Crippen molar-refractivity contribution in [1.29, 1.82) is 0 Å². The van der Waals surface area contributed by atoms with Gasteiger partial charge < -0.3 is 5.32 Å². The summed E-state index contributed by atoms with van der Waals surface area (Å²) in [5, 5.41) is 13.6. The van der Waals surface area contributed by atoms with Crippen LogP contribution in [0.5, 0.6) is 0 Å². The predicted molar refractivity (Wildman–Crippen MR) is 89.2 cm³/mol. The topological polar surface area (TPSA) is 72.2 Å². The zero-order valence-corrected chi connectivity index (χ0v) is 13.3. The highest BCUT2D eigenvalue weighted by molar-refractivity contribution is 5.79. The monoisotopic (exact) mass is 312 g/mol. The molecule has 1 N–H and O–H groups in total. The van der Waals surface area contributed by atoms with Gasteiger partial charge in [-0.25, -0.2) is 0 Å². The van der Waals surface area contributed by atoms with Crippen LogP contribution in [0.25, 0.3) is 0 Å². The number of carbonyl (C=O) groups excluding carboxylic acids is 1. The molecule has 0 aliphatic carbocycles. The second-order valence-corrected chi connectivity index (χ2v) is 5.48. The van der Waals surface area contributed by atoms with Gasteiger partial charge in [-0.05, 0) is 30.0 Å². The molecule has 0 heterocycles. The molecule has 0 aliphatic heterocycles. The smallest absolute Gasteiger partial charge is 0.269 e. The molecule has 23 heavy (non-hydrogen) atoms. The summed E-state index contributed by atoms with van der Waals surface area (Å²) >= 11 is 0. The van der Waals surface area contributed by atoms with Gasteiger partial charge in [-0.2, -0.15) is 0 Å². The van der Waals surface area contributed by atoms with E-state index in [9.17, 15) is 14.9 Å². The number of nitro benzene ring substituents is 1. The average molecular weight is 312 g/mol. The van der Waals surface area contributed by atoms with Crippen molar-refractivity contribution in [3.05, 3.63) is 75.3 Å². The number of hydrogen-bond donors (Lipinski definition) is 1. The zero-order chi connectivity index (χ0) is 16.8. The van der Waals surface area contributed by atoms with Crippen molar-refractivity contribution < 1.29 is 9.72 Å². The lowest BCUT2D eigenvalue weighted by Crippen LogP contribution is -2.28. The van der Waals surface area contributed by atoms with E-state index in [0.717, 1.165) is 17.5 Å². The van der Waals surface area contributed by atoms with Gasteiger partial charge in [0.2, 0.25) is 5.91 Å². The van der Waals surface area contributed by atoms with Crippen molar-refractivity contribution in [3.8, 4) is 0 Å². The first kappa shape index (κ1) is 16.7. The first-order valence-corrected chi connectivity index (χ1v) is 7.61. The molecule has 2 rings (SSSR count). The third-order valence-corrected chi connectivity index (χ3v) is 3.78. The maximum atomic E-state index is 12.1. The number of benzene rings is 2. The summed E-state index contributed by atoms with van der Waals surface area (Å²) in [5.41, 5.74) is 3.09. The SMILES string of the molecule is CCc1ccc(C(C)NC(=O)Cc2ccc([N+](=O)[O-])cc2)cc1. The Hall–Kier alpha value is -2.69. The molecule has 0 bridgehead atoms.